The normalized spacial score (nSPS) is 8.26. The summed E-state index contributed by atoms with van der Waals surface area (Å²) < 4.78 is 28.3. The average Bonchev–Trinajstić information content (AvgIpc) is 3.16. The quantitative estimate of drug-likeness (QED) is 0.0398. The Bertz CT molecular complexity index is 2180. The third kappa shape index (κ3) is 160. The van der Waals surface area contributed by atoms with Crippen molar-refractivity contribution in [3.63, 3.8) is 0 Å². The standard InChI is InChI=1S/3C8H14O2.C7H12O2.C6H10O2.C5H8O2.3C5H8O.4C4H6O/c1-6(2)7(9)10-8(3,4)5;1-6(2)5-10-8(9)7(3)4;1-4-5-6-10-8(9)7(2)3;1-3-5-6-9-7(8)4-2;1-4-8-6(7)5(2)3;1-3-5(6)7-4-2;3*1-4(2)5(3)6;4*1-3-4(2)5/h1H2,2-5H3;6H,3,5H2,1-2,4H3;2,4-6H2,1,3H3;4H,2-3,5-6H2,1H3;2,4H2,1,3H3;3H,1,4H2,2H3;3*1H2,2-3H3;4*3H,1H2,2H3. The van der Waals surface area contributed by atoms with E-state index in [-0.39, 0.29) is 76.3 Å². The third-order valence-corrected chi connectivity index (χ3v) is 7.66. The summed E-state index contributed by atoms with van der Waals surface area (Å²) in [6.45, 7) is 84.7. The van der Waals surface area contributed by atoms with Crippen LogP contribution in [0.2, 0.25) is 0 Å². The minimum absolute atomic E-state index is 0.0185. The Kier molecular flexibility index (Phi) is 102. The largest absolute Gasteiger partial charge is 0.463 e. The van der Waals surface area contributed by atoms with E-state index in [0.29, 0.717) is 78.0 Å². The van der Waals surface area contributed by atoms with Crippen LogP contribution in [-0.2, 0) is 90.8 Å². The highest BCUT2D eigenvalue weighted by molar-refractivity contribution is 5.93. The lowest BCUT2D eigenvalue weighted by Crippen LogP contribution is -2.23. The summed E-state index contributed by atoms with van der Waals surface area (Å²) in [5.74, 6) is -1.25. The highest BCUT2D eigenvalue weighted by Gasteiger charge is 2.16. The minimum atomic E-state index is -0.407. The van der Waals surface area contributed by atoms with Gasteiger partial charge in [-0.1, -0.05) is 126 Å². The van der Waals surface area contributed by atoms with Crippen molar-refractivity contribution >= 4 is 76.3 Å². The molecule has 0 saturated heterocycles. The number of carbonyl (C=O) groups excluding carboxylic acids is 13. The Labute approximate surface area is 555 Å². The first-order chi connectivity index (χ1) is 41.8. The zero-order valence-electron chi connectivity index (χ0n) is 60.9. The Morgan fingerprint density at radius 3 is 0.696 bits per heavy atom. The fourth-order valence-corrected chi connectivity index (χ4v) is 1.99. The summed E-state index contributed by atoms with van der Waals surface area (Å²) >= 11 is 0. The number of unbranched alkanes of at least 4 members (excludes halogenated alkanes) is 2. The molecule has 526 valence electrons. The monoisotopic (exact) mass is 1300 g/mol. The summed E-state index contributed by atoms with van der Waals surface area (Å²) in [5.41, 5.74) is 3.27. The fourth-order valence-electron chi connectivity index (χ4n) is 1.99. The van der Waals surface area contributed by atoms with Crippen LogP contribution >= 0.6 is 0 Å². The van der Waals surface area contributed by atoms with Crippen LogP contribution in [0.25, 0.3) is 0 Å². The first kappa shape index (κ1) is 114. The van der Waals surface area contributed by atoms with Crippen molar-refractivity contribution in [1.29, 1.82) is 0 Å². The van der Waals surface area contributed by atoms with Crippen LogP contribution in [0, 0.1) is 5.92 Å². The van der Waals surface area contributed by atoms with Crippen LogP contribution in [0.3, 0.4) is 0 Å². The molecule has 0 aromatic heterocycles. The summed E-state index contributed by atoms with van der Waals surface area (Å²) in [7, 11) is 0. The second kappa shape index (κ2) is 82.1. The van der Waals surface area contributed by atoms with E-state index in [4.69, 9.17) is 14.2 Å². The smallest absolute Gasteiger partial charge is 0.333 e. The van der Waals surface area contributed by atoms with Crippen molar-refractivity contribution in [2.75, 3.05) is 33.0 Å². The molecule has 0 aromatic carbocycles. The van der Waals surface area contributed by atoms with Gasteiger partial charge in [-0.25, -0.2) is 28.8 Å². The predicted molar refractivity (Wildman–Crippen MR) is 376 cm³/mol. The van der Waals surface area contributed by atoms with Crippen molar-refractivity contribution in [1.82, 2.24) is 0 Å². The van der Waals surface area contributed by atoms with Crippen LogP contribution in [0.15, 0.2) is 161 Å². The van der Waals surface area contributed by atoms with Crippen LogP contribution in [0.4, 0.5) is 0 Å². The van der Waals surface area contributed by atoms with E-state index in [1.165, 1.54) is 78.8 Å². The van der Waals surface area contributed by atoms with Crippen molar-refractivity contribution in [2.45, 2.75) is 191 Å². The number of allylic oxidation sites excluding steroid dienone is 7. The van der Waals surface area contributed by atoms with Crippen molar-refractivity contribution in [3.8, 4) is 0 Å². The summed E-state index contributed by atoms with van der Waals surface area (Å²) in [5, 5.41) is 0. The molecule has 0 radical (unpaired) electrons. The molecule has 0 aliphatic heterocycles. The molecule has 0 rings (SSSR count). The number of rotatable bonds is 23. The van der Waals surface area contributed by atoms with Gasteiger partial charge in [0.2, 0.25) is 0 Å². The van der Waals surface area contributed by atoms with E-state index in [1.807, 2.05) is 41.5 Å². The Morgan fingerprint density at radius 1 is 0.337 bits per heavy atom. The topological polar surface area (TPSA) is 277 Å². The predicted octanol–water partition coefficient (Wildman–Crippen LogP) is 15.4. The van der Waals surface area contributed by atoms with E-state index in [0.717, 1.165) is 31.8 Å². The SMILES string of the molecule is C=C(C)C(=O)OC(C)(C)C.C=C(C)C(=O)OCC.C=C(C)C(=O)OCC(C)C.C=C(C)C(=O)OCCCC.C=C(C)C(C)=O.C=C(C)C(C)=O.C=C(C)C(C)=O.C=CC(=O)OCC.C=CC(=O)OCCCC.C=CC(C)=O.C=CC(C)=O.C=CC(C)=O.C=CC(C)=O. The van der Waals surface area contributed by atoms with Crippen LogP contribution in [0.1, 0.15) is 185 Å². The first-order valence-corrected chi connectivity index (χ1v) is 28.8. The van der Waals surface area contributed by atoms with E-state index in [1.54, 1.807) is 62.3 Å². The molecule has 0 atom stereocenters. The number of Topliss-reactive ketones (excluding diaryl/α,β-unsaturated/α-hetero) is 3. The lowest BCUT2D eigenvalue weighted by Gasteiger charge is -2.19. The van der Waals surface area contributed by atoms with Gasteiger partial charge in [0.15, 0.2) is 40.5 Å². The lowest BCUT2D eigenvalue weighted by atomic mass is 10.2. The van der Waals surface area contributed by atoms with E-state index >= 15 is 0 Å². The van der Waals surface area contributed by atoms with Gasteiger partial charge in [0.05, 0.1) is 33.0 Å². The minimum Gasteiger partial charge on any atom is -0.463 e. The van der Waals surface area contributed by atoms with Gasteiger partial charge in [-0.05, 0) is 191 Å². The van der Waals surface area contributed by atoms with Crippen LogP contribution < -0.4 is 0 Å². The maximum absolute atomic E-state index is 10.8. The summed E-state index contributed by atoms with van der Waals surface area (Å²) in [6, 6.07) is 0. The molecular weight excluding hydrogens is 1180 g/mol. The van der Waals surface area contributed by atoms with Gasteiger partial charge in [-0.2, -0.15) is 0 Å². The molecule has 0 fully saturated rings. The Balaban J connectivity index is -0.0000000674. The molecule has 0 saturated carbocycles. The summed E-state index contributed by atoms with van der Waals surface area (Å²) in [4.78, 5) is 132. The van der Waals surface area contributed by atoms with Crippen molar-refractivity contribution in [2.24, 2.45) is 5.92 Å². The number of hydrogen-bond acceptors (Lipinski definition) is 19. The van der Waals surface area contributed by atoms with Gasteiger partial charge in [0, 0.05) is 34.4 Å². The number of hydrogen-bond donors (Lipinski definition) is 0. The first-order valence-electron chi connectivity index (χ1n) is 28.8. The lowest BCUT2D eigenvalue weighted by molar-refractivity contribution is -0.150. The van der Waals surface area contributed by atoms with Crippen LogP contribution in [0.5, 0.6) is 0 Å². The second-order valence-electron chi connectivity index (χ2n) is 19.8. The molecule has 19 nitrogen and oxygen atoms in total. The molecule has 0 heterocycles. The van der Waals surface area contributed by atoms with Gasteiger partial charge in [0.25, 0.3) is 0 Å². The molecular formula is C73H120O19. The van der Waals surface area contributed by atoms with Gasteiger partial charge in [-0.3, -0.25) is 33.6 Å². The van der Waals surface area contributed by atoms with Gasteiger partial charge in [-0.15, -0.1) is 0 Å². The van der Waals surface area contributed by atoms with Crippen LogP contribution in [-0.4, -0.2) is 115 Å². The van der Waals surface area contributed by atoms with Crippen molar-refractivity contribution < 1.29 is 90.8 Å². The average molecular weight is 1300 g/mol. The number of ketones is 7. The number of ether oxygens (including phenoxy) is 6. The van der Waals surface area contributed by atoms with Gasteiger partial charge in [0.1, 0.15) is 5.60 Å². The number of esters is 6. The molecule has 19 heteroatoms. The van der Waals surface area contributed by atoms with Crippen molar-refractivity contribution in [3.05, 3.63) is 161 Å². The molecule has 0 N–H and O–H groups in total. The van der Waals surface area contributed by atoms with Gasteiger partial charge < -0.3 is 28.4 Å². The molecule has 0 aromatic rings. The van der Waals surface area contributed by atoms with E-state index in [9.17, 15) is 62.3 Å². The molecule has 0 aliphatic rings. The molecule has 0 amide bonds. The molecule has 0 unspecified atom stereocenters. The summed E-state index contributed by atoms with van der Waals surface area (Å²) in [6.07, 6.45) is 11.4. The Hall–Kier alpha value is -8.87. The second-order valence-corrected chi connectivity index (χ2v) is 19.8. The fraction of sp³-hybridized carbons (Fsp3) is 0.466. The maximum Gasteiger partial charge on any atom is 0.333 e. The maximum atomic E-state index is 10.8. The van der Waals surface area contributed by atoms with E-state index < -0.39 is 5.60 Å². The van der Waals surface area contributed by atoms with E-state index in [2.05, 4.69) is 107 Å². The Morgan fingerprint density at radius 2 is 0.554 bits per heavy atom. The highest BCUT2D eigenvalue weighted by atomic mass is 16.6. The highest BCUT2D eigenvalue weighted by Crippen LogP contribution is 2.09. The molecule has 92 heavy (non-hydrogen) atoms. The van der Waals surface area contributed by atoms with Gasteiger partial charge >= 0.3 is 35.8 Å². The molecule has 0 spiro atoms. The third-order valence-electron chi connectivity index (χ3n) is 7.66. The molecule has 0 bridgehead atoms. The molecule has 0 aliphatic carbocycles. The number of carbonyl (C=O) groups is 13. The zero-order valence-corrected chi connectivity index (χ0v) is 60.9. The zero-order chi connectivity index (χ0) is 76.5.